The topological polar surface area (TPSA) is 72.6 Å². The van der Waals surface area contributed by atoms with Gasteiger partial charge in [0.15, 0.2) is 5.69 Å². The number of carbonyl (C=O) groups is 2. The molecule has 0 saturated heterocycles. The highest BCUT2D eigenvalue weighted by Crippen LogP contribution is 2.24. The Balaban J connectivity index is 2.13. The molecule has 1 aromatic heterocycles. The zero-order valence-electron chi connectivity index (χ0n) is 15.0. The molecular weight excluding hydrogens is 356 g/mol. The van der Waals surface area contributed by atoms with Crippen LogP contribution in [0.3, 0.4) is 0 Å². The summed E-state index contributed by atoms with van der Waals surface area (Å²) < 4.78 is 9.93. The van der Waals surface area contributed by atoms with Crippen molar-refractivity contribution in [3.05, 3.63) is 53.7 Å². The van der Waals surface area contributed by atoms with Crippen molar-refractivity contribution < 1.29 is 18.7 Å². The number of benzene rings is 1. The van der Waals surface area contributed by atoms with Crippen molar-refractivity contribution in [2.45, 2.75) is 38.1 Å². The second-order valence-electron chi connectivity index (χ2n) is 5.86. The molecule has 2 aromatic rings. The first kappa shape index (κ1) is 20.0. The number of amides is 1. The summed E-state index contributed by atoms with van der Waals surface area (Å²) in [5.41, 5.74) is 0.816. The molecule has 140 valence electrons. The predicted molar refractivity (Wildman–Crippen MR) is 97.8 cm³/mol. The summed E-state index contributed by atoms with van der Waals surface area (Å²) in [5.74, 6) is -0.526. The fourth-order valence-corrected chi connectivity index (χ4v) is 2.77. The van der Waals surface area contributed by atoms with Gasteiger partial charge in [0.2, 0.25) is 11.8 Å². The van der Waals surface area contributed by atoms with E-state index in [0.29, 0.717) is 6.54 Å². The van der Waals surface area contributed by atoms with Gasteiger partial charge in [-0.25, -0.2) is 9.78 Å². The lowest BCUT2D eigenvalue weighted by Crippen LogP contribution is -2.34. The highest BCUT2D eigenvalue weighted by atomic mass is 35.5. The van der Waals surface area contributed by atoms with Crippen molar-refractivity contribution in [2.75, 3.05) is 13.7 Å². The summed E-state index contributed by atoms with van der Waals surface area (Å²) >= 11 is 6.39. The Kier molecular flexibility index (Phi) is 7.66. The Morgan fingerprint density at radius 3 is 2.65 bits per heavy atom. The van der Waals surface area contributed by atoms with Crippen molar-refractivity contribution in [3.63, 3.8) is 0 Å². The number of hydrogen-bond acceptors (Lipinski definition) is 5. The number of esters is 1. The number of carbonyl (C=O) groups excluding carboxylic acids is 2. The third-order valence-corrected chi connectivity index (χ3v) is 4.36. The van der Waals surface area contributed by atoms with Gasteiger partial charge < -0.3 is 14.1 Å². The van der Waals surface area contributed by atoms with Gasteiger partial charge in [-0.3, -0.25) is 4.79 Å². The molecule has 1 atom stereocenters. The van der Waals surface area contributed by atoms with Gasteiger partial charge in [-0.2, -0.15) is 0 Å². The van der Waals surface area contributed by atoms with E-state index in [9.17, 15) is 9.59 Å². The molecule has 0 radical (unpaired) electrons. The summed E-state index contributed by atoms with van der Waals surface area (Å²) in [6.07, 6.45) is 4.12. The Morgan fingerprint density at radius 2 is 2.00 bits per heavy atom. The van der Waals surface area contributed by atoms with Crippen molar-refractivity contribution in [2.24, 2.45) is 0 Å². The molecule has 26 heavy (non-hydrogen) atoms. The van der Waals surface area contributed by atoms with Gasteiger partial charge in [0.05, 0.1) is 13.7 Å². The lowest BCUT2D eigenvalue weighted by Gasteiger charge is -2.24. The lowest BCUT2D eigenvalue weighted by molar-refractivity contribution is -0.132. The maximum Gasteiger partial charge on any atom is 0.360 e. The van der Waals surface area contributed by atoms with E-state index < -0.39 is 11.3 Å². The molecule has 2 rings (SSSR count). The molecule has 0 bridgehead atoms. The summed E-state index contributed by atoms with van der Waals surface area (Å²) in [4.78, 5) is 30.1. The highest BCUT2D eigenvalue weighted by molar-refractivity contribution is 6.30. The zero-order valence-corrected chi connectivity index (χ0v) is 15.7. The molecule has 6 nitrogen and oxygen atoms in total. The van der Waals surface area contributed by atoms with Crippen LogP contribution in [0.5, 0.6) is 0 Å². The van der Waals surface area contributed by atoms with Crippen LogP contribution in [0.15, 0.2) is 41.0 Å². The first-order valence-electron chi connectivity index (χ1n) is 8.57. The average molecular weight is 379 g/mol. The number of ether oxygens (including phenoxy) is 1. The number of methoxy groups -OCH3 is 1. The standard InChI is InChI=1S/C19H23ClN2O4/c1-3-4-8-11-22(12-16-21-15(13-26-16)19(24)25-2)18(23)17(20)14-9-6-5-7-10-14/h5-7,9-10,13,17H,3-4,8,11-12H2,1-2H3/t17-/m1/s1. The quantitative estimate of drug-likeness (QED) is 0.375. The van der Waals surface area contributed by atoms with E-state index in [4.69, 9.17) is 16.0 Å². The van der Waals surface area contributed by atoms with Gasteiger partial charge in [-0.05, 0) is 12.0 Å². The number of aromatic nitrogens is 1. The Hall–Kier alpha value is -2.34. The molecule has 1 heterocycles. The number of halogens is 1. The van der Waals surface area contributed by atoms with Gasteiger partial charge in [0.25, 0.3) is 0 Å². The average Bonchev–Trinajstić information content (AvgIpc) is 3.15. The number of nitrogens with zero attached hydrogens (tertiary/aromatic N) is 2. The van der Waals surface area contributed by atoms with Crippen molar-refractivity contribution in [1.29, 1.82) is 0 Å². The summed E-state index contributed by atoms with van der Waals surface area (Å²) in [6, 6.07) is 9.20. The third kappa shape index (κ3) is 5.33. The van der Waals surface area contributed by atoms with Crippen molar-refractivity contribution in [3.8, 4) is 0 Å². The van der Waals surface area contributed by atoms with Crippen molar-refractivity contribution >= 4 is 23.5 Å². The predicted octanol–water partition coefficient (Wildman–Crippen LogP) is 3.96. The van der Waals surface area contributed by atoms with E-state index >= 15 is 0 Å². The van der Waals surface area contributed by atoms with Crippen LogP contribution >= 0.6 is 11.6 Å². The third-order valence-electron chi connectivity index (χ3n) is 3.92. The first-order chi connectivity index (χ1) is 12.6. The SMILES string of the molecule is CCCCCN(Cc1nc(C(=O)OC)co1)C(=O)[C@H](Cl)c1ccccc1. The molecule has 0 saturated carbocycles. The summed E-state index contributed by atoms with van der Waals surface area (Å²) in [7, 11) is 1.27. The maximum absolute atomic E-state index is 12.9. The molecule has 7 heteroatoms. The minimum atomic E-state index is -0.784. The molecule has 1 aromatic carbocycles. The molecule has 0 N–H and O–H groups in total. The van der Waals surface area contributed by atoms with Crippen molar-refractivity contribution in [1.82, 2.24) is 9.88 Å². The molecular formula is C19H23ClN2O4. The largest absolute Gasteiger partial charge is 0.464 e. The second kappa shape index (κ2) is 9.97. The van der Waals surface area contributed by atoms with Crippen LogP contribution in [0.4, 0.5) is 0 Å². The van der Waals surface area contributed by atoms with Crippen LogP contribution in [-0.4, -0.2) is 35.4 Å². The maximum atomic E-state index is 12.9. The summed E-state index contributed by atoms with van der Waals surface area (Å²) in [5, 5.41) is -0.784. The van der Waals surface area contributed by atoms with E-state index in [0.717, 1.165) is 24.8 Å². The van der Waals surface area contributed by atoms with Gasteiger partial charge in [0, 0.05) is 6.54 Å². The van der Waals surface area contributed by atoms with E-state index in [2.05, 4.69) is 16.6 Å². The number of hydrogen-bond donors (Lipinski definition) is 0. The van der Waals surface area contributed by atoms with Gasteiger partial charge >= 0.3 is 5.97 Å². The highest BCUT2D eigenvalue weighted by Gasteiger charge is 2.25. The molecule has 0 aliphatic rings. The van der Waals surface area contributed by atoms with Crippen LogP contribution in [-0.2, 0) is 16.1 Å². The fourth-order valence-electron chi connectivity index (χ4n) is 2.49. The second-order valence-corrected chi connectivity index (χ2v) is 6.29. The van der Waals surface area contributed by atoms with Gasteiger partial charge in [-0.1, -0.05) is 50.1 Å². The molecule has 0 aliphatic carbocycles. The molecule has 0 unspecified atom stereocenters. The van der Waals surface area contributed by atoms with Crippen LogP contribution in [0, 0.1) is 0 Å². The van der Waals surface area contributed by atoms with E-state index in [-0.39, 0.29) is 24.0 Å². The minimum Gasteiger partial charge on any atom is -0.464 e. The minimum absolute atomic E-state index is 0.0777. The lowest BCUT2D eigenvalue weighted by atomic mass is 10.1. The zero-order chi connectivity index (χ0) is 18.9. The van der Waals surface area contributed by atoms with Crippen LogP contribution < -0.4 is 0 Å². The Bertz CT molecular complexity index is 717. The molecule has 0 fully saturated rings. The van der Waals surface area contributed by atoms with Gasteiger partial charge in [0.1, 0.15) is 11.6 Å². The number of unbranched alkanes of at least 4 members (excludes halogenated alkanes) is 2. The van der Waals surface area contributed by atoms with E-state index in [1.54, 1.807) is 4.90 Å². The monoisotopic (exact) mass is 378 g/mol. The molecule has 0 spiro atoms. The van der Waals surface area contributed by atoms with E-state index in [1.807, 2.05) is 30.3 Å². The number of oxazole rings is 1. The summed E-state index contributed by atoms with van der Waals surface area (Å²) in [6.45, 7) is 2.78. The smallest absolute Gasteiger partial charge is 0.360 e. The van der Waals surface area contributed by atoms with Gasteiger partial charge in [-0.15, -0.1) is 11.6 Å². The number of rotatable bonds is 9. The Labute approximate surface area is 158 Å². The Morgan fingerprint density at radius 1 is 1.27 bits per heavy atom. The van der Waals surface area contributed by atoms with E-state index in [1.165, 1.54) is 13.4 Å². The number of alkyl halides is 1. The molecule has 0 aliphatic heterocycles. The van der Waals surface area contributed by atoms with Crippen LogP contribution in [0.1, 0.15) is 53.5 Å². The van der Waals surface area contributed by atoms with Crippen LogP contribution in [0.25, 0.3) is 0 Å². The normalized spacial score (nSPS) is 11.8. The molecule has 1 amide bonds. The van der Waals surface area contributed by atoms with Crippen LogP contribution in [0.2, 0.25) is 0 Å². The first-order valence-corrected chi connectivity index (χ1v) is 9.01. The fraction of sp³-hybridized carbons (Fsp3) is 0.421.